The van der Waals surface area contributed by atoms with E-state index in [1.807, 2.05) is 0 Å². The van der Waals surface area contributed by atoms with Crippen LogP contribution in [0.25, 0.3) is 0 Å². The van der Waals surface area contributed by atoms with Gasteiger partial charge >= 0.3 is 6.03 Å². The molecule has 2 unspecified atom stereocenters. The molecule has 188 valence electrons. The van der Waals surface area contributed by atoms with E-state index in [-0.39, 0.29) is 16.4 Å². The zero-order chi connectivity index (χ0) is 24.9. The van der Waals surface area contributed by atoms with Crippen molar-refractivity contribution in [3.63, 3.8) is 0 Å². The predicted octanol–water partition coefficient (Wildman–Crippen LogP) is 2.44. The number of halogens is 3. The molecule has 1 aromatic heterocycles. The summed E-state index contributed by atoms with van der Waals surface area (Å²) in [5.74, 6) is -4.84. The van der Waals surface area contributed by atoms with Crippen molar-refractivity contribution in [2.24, 2.45) is 11.7 Å². The van der Waals surface area contributed by atoms with Gasteiger partial charge in [-0.05, 0) is 50.6 Å². The number of allylic oxidation sites excluding steroid dienone is 3. The number of hydrogen-bond donors (Lipinski definition) is 3. The summed E-state index contributed by atoms with van der Waals surface area (Å²) in [5.41, 5.74) is 2.55. The minimum atomic E-state index is -2.62. The van der Waals surface area contributed by atoms with E-state index in [1.165, 1.54) is 0 Å². The molecule has 3 amide bonds. The van der Waals surface area contributed by atoms with Crippen molar-refractivity contribution in [2.45, 2.75) is 19.0 Å². The van der Waals surface area contributed by atoms with E-state index in [1.54, 1.807) is 0 Å². The summed E-state index contributed by atoms with van der Waals surface area (Å²) < 4.78 is 51.7. The number of nitrogens with one attached hydrogen (secondary N) is 2. The smallest absolute Gasteiger partial charge is 0.319 e. The van der Waals surface area contributed by atoms with Gasteiger partial charge in [0.05, 0.1) is 5.92 Å². The maximum Gasteiger partial charge on any atom is 0.319 e. The number of aromatic nitrogens is 1. The van der Waals surface area contributed by atoms with Crippen molar-refractivity contribution >= 4 is 28.5 Å². The number of ether oxygens (including phenoxy) is 1. The summed E-state index contributed by atoms with van der Waals surface area (Å²) in [6.07, 6.45) is 2.29. The van der Waals surface area contributed by atoms with E-state index in [9.17, 15) is 22.8 Å². The molecule has 0 saturated carbocycles. The number of likely N-dealkylation sites (N-methyl/N-ethyl adjacent to an activating group) is 1. The SMILES string of the molecule is CN1CCN(CCCNC(=O)Nc2snc(OCC3C(F)=CC=C(F)C3(C)F)c2C(N)=O)CC1. The Hall–Kier alpha value is -2.64. The molecule has 2 aliphatic rings. The van der Waals surface area contributed by atoms with Gasteiger partial charge in [0, 0.05) is 32.7 Å². The Balaban J connectivity index is 1.52. The second kappa shape index (κ2) is 11.2. The summed E-state index contributed by atoms with van der Waals surface area (Å²) in [6.45, 7) is 5.55. The highest BCUT2D eigenvalue weighted by Crippen LogP contribution is 2.40. The quantitative estimate of drug-likeness (QED) is 0.447. The first-order valence-corrected chi connectivity index (χ1v) is 11.7. The standard InChI is InChI=1S/C21H29F3N6O3S/c1-21(24)13(14(22)4-5-15(21)23)12-33-18-16(17(25)31)19(34-28-18)27-20(32)26-6-3-7-30-10-8-29(2)9-11-30/h4-5,13H,3,6-12H2,1-2H3,(H2,25,31)(H2,26,27,32). The maximum absolute atomic E-state index is 14.6. The number of primary amides is 1. The highest BCUT2D eigenvalue weighted by Gasteiger charge is 2.44. The Morgan fingerprint density at radius 1 is 1.29 bits per heavy atom. The number of nitrogens with zero attached hydrogens (tertiary/aromatic N) is 3. The third-order valence-corrected chi connectivity index (χ3v) is 6.64. The lowest BCUT2D eigenvalue weighted by molar-refractivity contribution is 0.0783. The number of amides is 3. The highest BCUT2D eigenvalue weighted by molar-refractivity contribution is 7.11. The van der Waals surface area contributed by atoms with Crippen molar-refractivity contribution in [1.29, 1.82) is 0 Å². The normalized spacial score (nSPS) is 23.7. The van der Waals surface area contributed by atoms with E-state index in [0.29, 0.717) is 6.54 Å². The zero-order valence-corrected chi connectivity index (χ0v) is 19.9. The van der Waals surface area contributed by atoms with Crippen LogP contribution in [-0.4, -0.2) is 84.7 Å². The minimum Gasteiger partial charge on any atom is -0.476 e. The summed E-state index contributed by atoms with van der Waals surface area (Å²) in [5, 5.41) is 5.24. The van der Waals surface area contributed by atoms with E-state index < -0.39 is 41.8 Å². The van der Waals surface area contributed by atoms with Gasteiger partial charge < -0.3 is 25.6 Å². The first kappa shape index (κ1) is 26.0. The number of rotatable bonds is 9. The molecule has 0 bridgehead atoms. The number of carbonyl (C=O) groups is 2. The van der Waals surface area contributed by atoms with E-state index in [2.05, 4.69) is 31.9 Å². The third kappa shape index (κ3) is 6.27. The number of alkyl halides is 1. The Morgan fingerprint density at radius 3 is 2.68 bits per heavy atom. The fourth-order valence-corrected chi connectivity index (χ4v) is 4.39. The van der Waals surface area contributed by atoms with Gasteiger partial charge in [0.2, 0.25) is 5.88 Å². The lowest BCUT2D eigenvalue weighted by Crippen LogP contribution is -2.45. The molecule has 2 atom stereocenters. The molecule has 4 N–H and O–H groups in total. The van der Waals surface area contributed by atoms with Crippen LogP contribution in [-0.2, 0) is 0 Å². The van der Waals surface area contributed by atoms with Crippen molar-refractivity contribution in [3.05, 3.63) is 29.4 Å². The molecule has 9 nitrogen and oxygen atoms in total. The Kier molecular flexibility index (Phi) is 8.55. The molecule has 0 spiro atoms. The molecule has 1 aromatic rings. The molecule has 13 heteroatoms. The van der Waals surface area contributed by atoms with Gasteiger partial charge in [-0.3, -0.25) is 10.1 Å². The van der Waals surface area contributed by atoms with Crippen LogP contribution in [0.2, 0.25) is 0 Å². The van der Waals surface area contributed by atoms with Gasteiger partial charge in [-0.2, -0.15) is 4.37 Å². The fourth-order valence-electron chi connectivity index (χ4n) is 3.66. The van der Waals surface area contributed by atoms with E-state index in [4.69, 9.17) is 10.5 Å². The molecule has 0 aromatic carbocycles. The van der Waals surface area contributed by atoms with Crippen molar-refractivity contribution in [2.75, 3.05) is 58.2 Å². The Labute approximate surface area is 200 Å². The summed E-state index contributed by atoms with van der Waals surface area (Å²) in [6, 6.07) is -0.555. The number of anilines is 1. The van der Waals surface area contributed by atoms with Crippen LogP contribution in [0.3, 0.4) is 0 Å². The number of piperazine rings is 1. The topological polar surface area (TPSA) is 113 Å². The fraction of sp³-hybridized carbons (Fsp3) is 0.571. The first-order chi connectivity index (χ1) is 16.1. The van der Waals surface area contributed by atoms with Crippen LogP contribution >= 0.6 is 11.5 Å². The largest absolute Gasteiger partial charge is 0.476 e. The highest BCUT2D eigenvalue weighted by atomic mass is 32.1. The molecular formula is C21H29F3N6O3S. The molecule has 0 radical (unpaired) electrons. The van der Waals surface area contributed by atoms with Crippen molar-refractivity contribution < 1.29 is 27.5 Å². The summed E-state index contributed by atoms with van der Waals surface area (Å²) in [4.78, 5) is 28.8. The number of urea groups is 1. The van der Waals surface area contributed by atoms with Crippen LogP contribution in [0.4, 0.5) is 23.0 Å². The number of hydrogen-bond acceptors (Lipinski definition) is 7. The Bertz CT molecular complexity index is 960. The third-order valence-electron chi connectivity index (χ3n) is 5.90. The zero-order valence-electron chi connectivity index (χ0n) is 19.1. The lowest BCUT2D eigenvalue weighted by atomic mass is 9.85. The van der Waals surface area contributed by atoms with Crippen LogP contribution in [0, 0.1) is 5.92 Å². The van der Waals surface area contributed by atoms with Gasteiger partial charge in [0.1, 0.15) is 28.8 Å². The monoisotopic (exact) mass is 502 g/mol. The second-order valence-corrected chi connectivity index (χ2v) is 9.21. The van der Waals surface area contributed by atoms with Crippen molar-refractivity contribution in [1.82, 2.24) is 19.5 Å². The van der Waals surface area contributed by atoms with Crippen molar-refractivity contribution in [3.8, 4) is 5.88 Å². The first-order valence-electron chi connectivity index (χ1n) is 10.9. The van der Waals surface area contributed by atoms with Gasteiger partial charge in [0.15, 0.2) is 5.67 Å². The van der Waals surface area contributed by atoms with Gasteiger partial charge in [-0.15, -0.1) is 0 Å². The van der Waals surface area contributed by atoms with E-state index in [0.717, 1.165) is 69.8 Å². The molecule has 1 aliphatic heterocycles. The molecular weight excluding hydrogens is 473 g/mol. The predicted molar refractivity (Wildman–Crippen MR) is 123 cm³/mol. The molecule has 1 fully saturated rings. The molecule has 1 saturated heterocycles. The average Bonchev–Trinajstić information content (AvgIpc) is 3.17. The Morgan fingerprint density at radius 2 is 2.00 bits per heavy atom. The summed E-state index contributed by atoms with van der Waals surface area (Å²) in [7, 11) is 2.08. The molecule has 2 heterocycles. The minimum absolute atomic E-state index is 0.0350. The van der Waals surface area contributed by atoms with Crippen LogP contribution in [0.15, 0.2) is 23.8 Å². The summed E-state index contributed by atoms with van der Waals surface area (Å²) >= 11 is 0.735. The van der Waals surface area contributed by atoms with Crippen LogP contribution in [0.5, 0.6) is 5.88 Å². The number of carbonyl (C=O) groups excluding carboxylic acids is 2. The maximum atomic E-state index is 14.6. The van der Waals surface area contributed by atoms with Crippen LogP contribution < -0.4 is 21.1 Å². The lowest BCUT2D eigenvalue weighted by Gasteiger charge is -2.32. The van der Waals surface area contributed by atoms with Gasteiger partial charge in [0.25, 0.3) is 5.91 Å². The second-order valence-electron chi connectivity index (χ2n) is 8.44. The average molecular weight is 503 g/mol. The molecule has 1 aliphatic carbocycles. The van der Waals surface area contributed by atoms with E-state index >= 15 is 0 Å². The molecule has 34 heavy (non-hydrogen) atoms. The van der Waals surface area contributed by atoms with Crippen LogP contribution in [0.1, 0.15) is 23.7 Å². The number of nitrogens with two attached hydrogens (primary N) is 1. The van der Waals surface area contributed by atoms with Gasteiger partial charge in [-0.1, -0.05) is 0 Å². The molecule has 3 rings (SSSR count). The van der Waals surface area contributed by atoms with Gasteiger partial charge in [-0.25, -0.2) is 18.0 Å².